The summed E-state index contributed by atoms with van der Waals surface area (Å²) in [7, 11) is -6.81. The Hall–Kier alpha value is -0.920. The van der Waals surface area contributed by atoms with Crippen molar-refractivity contribution < 1.29 is 16.8 Å². The summed E-state index contributed by atoms with van der Waals surface area (Å²) in [5.41, 5.74) is 0. The molecule has 1 aliphatic heterocycles. The summed E-state index contributed by atoms with van der Waals surface area (Å²) in [6.07, 6.45) is 1.02. The third kappa shape index (κ3) is 3.46. The Morgan fingerprint density at radius 2 is 1.90 bits per heavy atom. The van der Waals surface area contributed by atoms with E-state index in [4.69, 9.17) is 0 Å². The second-order valence-electron chi connectivity index (χ2n) is 5.46. The van der Waals surface area contributed by atoms with Gasteiger partial charge in [-0.1, -0.05) is 25.1 Å². The van der Waals surface area contributed by atoms with Crippen molar-refractivity contribution in [3.8, 4) is 0 Å². The topological polar surface area (TPSA) is 71.5 Å². The largest absolute Gasteiger partial charge is 0.243 e. The van der Waals surface area contributed by atoms with E-state index in [2.05, 4.69) is 0 Å². The zero-order valence-corrected chi connectivity index (χ0v) is 13.9. The van der Waals surface area contributed by atoms with Gasteiger partial charge in [0, 0.05) is 12.1 Å². The first-order valence-electron chi connectivity index (χ1n) is 7.07. The molecule has 0 aromatic heterocycles. The molecule has 0 radical (unpaired) electrons. The lowest BCUT2D eigenvalue weighted by Gasteiger charge is -2.32. The number of nitrogens with zero attached hydrogens (tertiary/aromatic N) is 1. The van der Waals surface area contributed by atoms with E-state index in [1.807, 2.05) is 13.8 Å². The fraction of sp³-hybridized carbons (Fsp3) is 0.571. The summed E-state index contributed by atoms with van der Waals surface area (Å²) in [5, 5.41) is 0. The number of benzene rings is 1. The summed E-state index contributed by atoms with van der Waals surface area (Å²) in [6.45, 7) is 3.73. The molecule has 2 rings (SSSR count). The maximum absolute atomic E-state index is 12.9. The van der Waals surface area contributed by atoms with Gasteiger partial charge in [0.05, 0.1) is 16.4 Å². The van der Waals surface area contributed by atoms with E-state index < -0.39 is 25.9 Å². The third-order valence-electron chi connectivity index (χ3n) is 3.91. The summed E-state index contributed by atoms with van der Waals surface area (Å²) >= 11 is 0. The molecule has 0 unspecified atom stereocenters. The molecule has 1 saturated heterocycles. The first-order chi connectivity index (χ1) is 9.78. The van der Waals surface area contributed by atoms with Crippen LogP contribution in [0, 0.1) is 0 Å². The summed E-state index contributed by atoms with van der Waals surface area (Å²) in [6, 6.07) is 7.51. The highest BCUT2D eigenvalue weighted by atomic mass is 32.2. The maximum atomic E-state index is 12.9. The Bertz CT molecular complexity index is 683. The zero-order valence-electron chi connectivity index (χ0n) is 12.3. The van der Waals surface area contributed by atoms with Gasteiger partial charge in [-0.25, -0.2) is 16.8 Å². The highest BCUT2D eigenvalue weighted by Crippen LogP contribution is 2.28. The highest BCUT2D eigenvalue weighted by molar-refractivity contribution is 7.92. The molecule has 0 aliphatic carbocycles. The zero-order chi connectivity index (χ0) is 15.7. The number of sulfone groups is 1. The van der Waals surface area contributed by atoms with E-state index in [0.717, 1.165) is 0 Å². The summed E-state index contributed by atoms with van der Waals surface area (Å²) < 4.78 is 50.5. The highest BCUT2D eigenvalue weighted by Gasteiger charge is 2.40. The lowest BCUT2D eigenvalue weighted by molar-refractivity contribution is 0.271. The molecule has 0 spiro atoms. The van der Waals surface area contributed by atoms with Gasteiger partial charge < -0.3 is 0 Å². The van der Waals surface area contributed by atoms with Gasteiger partial charge in [0.1, 0.15) is 0 Å². The van der Waals surface area contributed by atoms with Crippen molar-refractivity contribution in [1.29, 1.82) is 0 Å². The van der Waals surface area contributed by atoms with Gasteiger partial charge in [-0.2, -0.15) is 4.31 Å². The average molecular weight is 331 g/mol. The Balaban J connectivity index is 2.42. The number of sulfonamides is 1. The predicted octanol–water partition coefficient (Wildman–Crippen LogP) is 1.66. The molecule has 1 aromatic carbocycles. The number of hydrogen-bond acceptors (Lipinski definition) is 4. The van der Waals surface area contributed by atoms with Crippen LogP contribution in [-0.2, 0) is 19.9 Å². The van der Waals surface area contributed by atoms with E-state index >= 15 is 0 Å². The molecule has 0 saturated carbocycles. The van der Waals surface area contributed by atoms with Crippen LogP contribution in [0.25, 0.3) is 0 Å². The van der Waals surface area contributed by atoms with Crippen molar-refractivity contribution in [3.63, 3.8) is 0 Å². The normalized spacial score (nSPS) is 23.3. The number of rotatable bonds is 5. The molecular weight excluding hydrogens is 310 g/mol. The van der Waals surface area contributed by atoms with Gasteiger partial charge in [0.2, 0.25) is 10.0 Å². The van der Waals surface area contributed by atoms with Crippen molar-refractivity contribution in [1.82, 2.24) is 4.31 Å². The van der Waals surface area contributed by atoms with E-state index in [0.29, 0.717) is 12.8 Å². The maximum Gasteiger partial charge on any atom is 0.243 e. The van der Waals surface area contributed by atoms with Crippen molar-refractivity contribution in [2.24, 2.45) is 0 Å². The van der Waals surface area contributed by atoms with Crippen LogP contribution in [0.5, 0.6) is 0 Å². The van der Waals surface area contributed by atoms with Crippen LogP contribution < -0.4 is 0 Å². The monoisotopic (exact) mass is 331 g/mol. The quantitative estimate of drug-likeness (QED) is 0.823. The van der Waals surface area contributed by atoms with Gasteiger partial charge >= 0.3 is 0 Å². The van der Waals surface area contributed by atoms with Crippen molar-refractivity contribution >= 4 is 19.9 Å². The second-order valence-corrected chi connectivity index (χ2v) is 9.53. The standard InChI is InChI=1S/C14H21NO4S2/c1-3-12(2)15(13-9-10-20(16,17)11-13)21(18,19)14-7-5-4-6-8-14/h4-8,12-13H,3,9-11H2,1-2H3/t12-,13-/m1/s1. The summed E-state index contributed by atoms with van der Waals surface area (Å²) in [4.78, 5) is 0.217. The Morgan fingerprint density at radius 3 is 2.38 bits per heavy atom. The van der Waals surface area contributed by atoms with Gasteiger partial charge in [0.15, 0.2) is 9.84 Å². The van der Waals surface area contributed by atoms with Crippen LogP contribution in [-0.4, -0.2) is 44.7 Å². The van der Waals surface area contributed by atoms with Crippen molar-refractivity contribution in [2.75, 3.05) is 11.5 Å². The molecule has 7 heteroatoms. The molecule has 1 fully saturated rings. The first kappa shape index (κ1) is 16.5. The fourth-order valence-corrected chi connectivity index (χ4v) is 6.41. The van der Waals surface area contributed by atoms with Crippen LogP contribution in [0.1, 0.15) is 26.7 Å². The third-order valence-corrected chi connectivity index (χ3v) is 7.74. The molecule has 1 aromatic rings. The van der Waals surface area contributed by atoms with Crippen LogP contribution >= 0.6 is 0 Å². The van der Waals surface area contributed by atoms with Gasteiger partial charge in [-0.15, -0.1) is 0 Å². The van der Waals surface area contributed by atoms with Crippen molar-refractivity contribution in [2.45, 2.75) is 43.7 Å². The first-order valence-corrected chi connectivity index (χ1v) is 10.3. The Labute approximate surface area is 126 Å². The van der Waals surface area contributed by atoms with Crippen LogP contribution in [0.4, 0.5) is 0 Å². The Morgan fingerprint density at radius 1 is 1.29 bits per heavy atom. The van der Waals surface area contributed by atoms with E-state index in [1.54, 1.807) is 30.3 Å². The predicted molar refractivity (Wildman–Crippen MR) is 82.3 cm³/mol. The minimum atomic E-state index is -3.68. The molecule has 1 heterocycles. The molecule has 118 valence electrons. The van der Waals surface area contributed by atoms with Crippen LogP contribution in [0.15, 0.2) is 35.2 Å². The SMILES string of the molecule is CC[C@@H](C)N([C@@H]1CCS(=O)(=O)C1)S(=O)(=O)c1ccccc1. The van der Waals surface area contributed by atoms with E-state index in [-0.39, 0.29) is 22.4 Å². The van der Waals surface area contributed by atoms with Gasteiger partial charge in [-0.05, 0) is 31.9 Å². The smallest absolute Gasteiger partial charge is 0.229 e. The number of hydrogen-bond donors (Lipinski definition) is 0. The second kappa shape index (κ2) is 6.06. The molecule has 5 nitrogen and oxygen atoms in total. The van der Waals surface area contributed by atoms with Crippen molar-refractivity contribution in [3.05, 3.63) is 30.3 Å². The lowest BCUT2D eigenvalue weighted by atomic mass is 10.2. The molecule has 0 bridgehead atoms. The molecule has 0 amide bonds. The van der Waals surface area contributed by atoms with Gasteiger partial charge in [-0.3, -0.25) is 0 Å². The molecule has 0 N–H and O–H groups in total. The minimum absolute atomic E-state index is 0.0644. The van der Waals surface area contributed by atoms with Crippen LogP contribution in [0.2, 0.25) is 0 Å². The fourth-order valence-electron chi connectivity index (χ4n) is 2.66. The lowest BCUT2D eigenvalue weighted by Crippen LogP contribution is -2.46. The minimum Gasteiger partial charge on any atom is -0.229 e. The van der Waals surface area contributed by atoms with E-state index in [9.17, 15) is 16.8 Å². The molecule has 2 atom stereocenters. The molecule has 21 heavy (non-hydrogen) atoms. The summed E-state index contributed by atoms with van der Waals surface area (Å²) in [5.74, 6) is -0.0156. The molecule has 1 aliphatic rings. The average Bonchev–Trinajstić information content (AvgIpc) is 2.79. The molecular formula is C14H21NO4S2. The van der Waals surface area contributed by atoms with Crippen LogP contribution in [0.3, 0.4) is 0 Å². The van der Waals surface area contributed by atoms with Gasteiger partial charge in [0.25, 0.3) is 0 Å². The van der Waals surface area contributed by atoms with E-state index in [1.165, 1.54) is 4.31 Å². The Kier molecular flexibility index (Phi) is 4.75.